The van der Waals surface area contributed by atoms with E-state index in [2.05, 4.69) is 5.16 Å². The van der Waals surface area contributed by atoms with Crippen LogP contribution in [-0.4, -0.2) is 29.0 Å². The van der Waals surface area contributed by atoms with E-state index in [1.165, 1.54) is 12.1 Å². The largest absolute Gasteiger partial charge is 0.515 e. The van der Waals surface area contributed by atoms with Gasteiger partial charge in [0.25, 0.3) is 0 Å². The first-order chi connectivity index (χ1) is 10.2. The van der Waals surface area contributed by atoms with Gasteiger partial charge < -0.3 is 19.6 Å². The van der Waals surface area contributed by atoms with Crippen LogP contribution in [0.15, 0.2) is 35.2 Å². The average molecular weight is 290 g/mol. The van der Waals surface area contributed by atoms with Crippen LogP contribution in [0.2, 0.25) is 0 Å². The molecule has 0 bridgehead atoms. The van der Waals surface area contributed by atoms with Gasteiger partial charge in [0.1, 0.15) is 11.6 Å². The van der Waals surface area contributed by atoms with E-state index >= 15 is 0 Å². The van der Waals surface area contributed by atoms with Crippen LogP contribution in [0.1, 0.15) is 24.8 Å². The maximum atomic E-state index is 13.7. The second-order valence-corrected chi connectivity index (χ2v) is 5.44. The molecule has 110 valence electrons. The fourth-order valence-electron chi connectivity index (χ4n) is 3.31. The summed E-state index contributed by atoms with van der Waals surface area (Å²) >= 11 is 0. The van der Waals surface area contributed by atoms with Gasteiger partial charge in [0, 0.05) is 18.5 Å². The number of rotatable bonds is 0. The molecule has 6 heteroatoms. The highest BCUT2D eigenvalue weighted by Gasteiger charge is 2.52. The van der Waals surface area contributed by atoms with Gasteiger partial charge in [-0.1, -0.05) is 5.16 Å². The summed E-state index contributed by atoms with van der Waals surface area (Å²) < 4.78 is 19.3. The third-order valence-electron chi connectivity index (χ3n) is 4.31. The number of piperidine rings is 1. The molecular weight excluding hydrogens is 275 g/mol. The van der Waals surface area contributed by atoms with Crippen molar-refractivity contribution in [3.8, 4) is 5.75 Å². The lowest BCUT2D eigenvalue weighted by molar-refractivity contribution is -0.128. The van der Waals surface area contributed by atoms with Crippen molar-refractivity contribution >= 4 is 5.84 Å². The Bertz CT molecular complexity index is 658. The summed E-state index contributed by atoms with van der Waals surface area (Å²) in [6, 6.07) is 4.45. The lowest BCUT2D eigenvalue weighted by Gasteiger charge is -2.42. The van der Waals surface area contributed by atoms with Crippen molar-refractivity contribution in [2.24, 2.45) is 5.16 Å². The Morgan fingerprint density at radius 3 is 3.19 bits per heavy atom. The molecule has 0 radical (unpaired) electrons. The van der Waals surface area contributed by atoms with E-state index in [0.717, 1.165) is 31.2 Å². The Morgan fingerprint density at radius 2 is 2.33 bits per heavy atom. The molecule has 1 aromatic carbocycles. The summed E-state index contributed by atoms with van der Waals surface area (Å²) in [5.74, 6) is 0.936. The van der Waals surface area contributed by atoms with Crippen molar-refractivity contribution in [1.29, 1.82) is 0 Å². The normalized spacial score (nSPS) is 28.7. The first-order valence-corrected chi connectivity index (χ1v) is 7.05. The zero-order chi connectivity index (χ0) is 14.4. The maximum absolute atomic E-state index is 13.7. The predicted octanol–water partition coefficient (Wildman–Crippen LogP) is 2.64. The molecule has 0 aliphatic carbocycles. The monoisotopic (exact) mass is 290 g/mol. The first-order valence-electron chi connectivity index (χ1n) is 7.05. The molecule has 3 heterocycles. The van der Waals surface area contributed by atoms with Crippen LogP contribution in [0.3, 0.4) is 0 Å². The number of halogens is 1. The standard InChI is InChI=1S/C15H15FN2O3/c16-11-3-4-13-12(8-11)15(5-7-20-13)18-6-1-2-10(9-19)14(18)17-21-15/h3-4,8-9,19H,1-2,5-7H2/b10-9+. The zero-order valence-corrected chi connectivity index (χ0v) is 11.4. The highest BCUT2D eigenvalue weighted by molar-refractivity contribution is 5.99. The number of benzene rings is 1. The number of hydrogen-bond donors (Lipinski definition) is 1. The minimum atomic E-state index is -0.820. The minimum absolute atomic E-state index is 0.328. The molecule has 1 N–H and O–H groups in total. The highest BCUT2D eigenvalue weighted by Crippen LogP contribution is 2.47. The van der Waals surface area contributed by atoms with Crippen LogP contribution < -0.4 is 4.74 Å². The summed E-state index contributed by atoms with van der Waals surface area (Å²) in [6.07, 6.45) is 3.30. The Hall–Kier alpha value is -2.24. The fraction of sp³-hybridized carbons (Fsp3) is 0.400. The van der Waals surface area contributed by atoms with Gasteiger partial charge in [0.05, 0.1) is 18.4 Å². The first kappa shape index (κ1) is 12.5. The SMILES string of the molecule is O/C=C1\CCCN2C1=NOC21CCOc2ccc(F)cc21. The number of aliphatic hydroxyl groups is 1. The highest BCUT2D eigenvalue weighted by atomic mass is 19.1. The maximum Gasteiger partial charge on any atom is 0.244 e. The van der Waals surface area contributed by atoms with Gasteiger partial charge in [0.15, 0.2) is 5.84 Å². The number of fused-ring (bicyclic) bond motifs is 4. The quantitative estimate of drug-likeness (QED) is 0.746. The summed E-state index contributed by atoms with van der Waals surface area (Å²) in [5, 5.41) is 13.5. The van der Waals surface area contributed by atoms with Crippen molar-refractivity contribution < 1.29 is 19.1 Å². The molecule has 1 saturated heterocycles. The van der Waals surface area contributed by atoms with Crippen LogP contribution in [0.4, 0.5) is 4.39 Å². The molecule has 0 amide bonds. The number of amidine groups is 1. The molecule has 0 saturated carbocycles. The molecule has 4 rings (SSSR count). The number of hydrogen-bond acceptors (Lipinski definition) is 5. The molecule has 0 aromatic heterocycles. The lowest BCUT2D eigenvalue weighted by atomic mass is 9.91. The topological polar surface area (TPSA) is 54.3 Å². The number of oxime groups is 1. The Kier molecular flexibility index (Phi) is 2.60. The van der Waals surface area contributed by atoms with E-state index in [4.69, 9.17) is 9.57 Å². The molecule has 21 heavy (non-hydrogen) atoms. The van der Waals surface area contributed by atoms with Crippen LogP contribution >= 0.6 is 0 Å². The van der Waals surface area contributed by atoms with Gasteiger partial charge in [-0.15, -0.1) is 0 Å². The molecule has 1 spiro atoms. The van der Waals surface area contributed by atoms with E-state index in [1.807, 2.05) is 4.90 Å². The van der Waals surface area contributed by atoms with E-state index in [9.17, 15) is 9.50 Å². The van der Waals surface area contributed by atoms with E-state index in [-0.39, 0.29) is 5.82 Å². The summed E-state index contributed by atoms with van der Waals surface area (Å²) in [4.78, 5) is 7.77. The Labute approximate surface area is 121 Å². The third-order valence-corrected chi connectivity index (χ3v) is 4.31. The average Bonchev–Trinajstić information content (AvgIpc) is 2.88. The van der Waals surface area contributed by atoms with Crippen molar-refractivity contribution in [3.05, 3.63) is 41.4 Å². The van der Waals surface area contributed by atoms with Gasteiger partial charge in [0.2, 0.25) is 5.72 Å². The van der Waals surface area contributed by atoms with Crippen molar-refractivity contribution in [3.63, 3.8) is 0 Å². The molecule has 5 nitrogen and oxygen atoms in total. The second kappa shape index (κ2) is 4.38. The minimum Gasteiger partial charge on any atom is -0.515 e. The van der Waals surface area contributed by atoms with E-state index < -0.39 is 5.72 Å². The molecule has 1 unspecified atom stereocenters. The van der Waals surface area contributed by atoms with Crippen LogP contribution in [-0.2, 0) is 10.6 Å². The van der Waals surface area contributed by atoms with Gasteiger partial charge in [-0.05, 0) is 31.0 Å². The van der Waals surface area contributed by atoms with Crippen LogP contribution in [0.5, 0.6) is 5.75 Å². The van der Waals surface area contributed by atoms with Gasteiger partial charge in [-0.25, -0.2) is 4.39 Å². The van der Waals surface area contributed by atoms with Crippen LogP contribution in [0, 0.1) is 5.82 Å². The van der Waals surface area contributed by atoms with E-state index in [1.54, 1.807) is 6.07 Å². The molecule has 3 aliphatic heterocycles. The van der Waals surface area contributed by atoms with Gasteiger partial charge in [-0.2, -0.15) is 0 Å². The zero-order valence-electron chi connectivity index (χ0n) is 11.4. The van der Waals surface area contributed by atoms with Crippen LogP contribution in [0.25, 0.3) is 0 Å². The molecule has 1 atom stereocenters. The summed E-state index contributed by atoms with van der Waals surface area (Å²) in [7, 11) is 0. The Morgan fingerprint density at radius 1 is 1.43 bits per heavy atom. The summed E-state index contributed by atoms with van der Waals surface area (Å²) in [5.41, 5.74) is 0.592. The molecule has 3 aliphatic rings. The third kappa shape index (κ3) is 1.65. The van der Waals surface area contributed by atoms with E-state index in [0.29, 0.717) is 30.2 Å². The van der Waals surface area contributed by atoms with Crippen molar-refractivity contribution in [1.82, 2.24) is 4.90 Å². The van der Waals surface area contributed by atoms with Crippen molar-refractivity contribution in [2.45, 2.75) is 25.0 Å². The number of ether oxygens (including phenoxy) is 1. The summed E-state index contributed by atoms with van der Waals surface area (Å²) in [6.45, 7) is 1.24. The fourth-order valence-corrected chi connectivity index (χ4v) is 3.31. The predicted molar refractivity (Wildman–Crippen MR) is 73.4 cm³/mol. The number of nitrogens with zero attached hydrogens (tertiary/aromatic N) is 2. The molecular formula is C15H15FN2O3. The van der Waals surface area contributed by atoms with Crippen molar-refractivity contribution in [2.75, 3.05) is 13.2 Å². The lowest BCUT2D eigenvalue weighted by Crippen LogP contribution is -2.51. The second-order valence-electron chi connectivity index (χ2n) is 5.44. The van der Waals surface area contributed by atoms with Gasteiger partial charge >= 0.3 is 0 Å². The molecule has 1 fully saturated rings. The Balaban J connectivity index is 1.83. The smallest absolute Gasteiger partial charge is 0.244 e. The van der Waals surface area contributed by atoms with Gasteiger partial charge in [-0.3, -0.25) is 0 Å². The molecule has 1 aromatic rings. The number of aliphatic hydroxyl groups excluding tert-OH is 1.